The highest BCUT2D eigenvalue weighted by Gasteiger charge is 2.10. The van der Waals surface area contributed by atoms with Crippen LogP contribution < -0.4 is 14.9 Å². The molecule has 2 N–H and O–H groups in total. The molecule has 0 saturated heterocycles. The Labute approximate surface area is 132 Å². The van der Waals surface area contributed by atoms with Crippen LogP contribution in [0.15, 0.2) is 41.5 Å². The summed E-state index contributed by atoms with van der Waals surface area (Å²) in [7, 11) is 2.81. The number of benzene rings is 2. The van der Waals surface area contributed by atoms with Crippen molar-refractivity contribution < 1.29 is 23.8 Å². The SMILES string of the molecule is COc1cc(/C=N/NC(=O)c2cccc(F)c2)cc(OC)c1O. The Morgan fingerprint density at radius 1 is 1.22 bits per heavy atom. The maximum atomic E-state index is 13.0. The number of halogens is 1. The number of aromatic hydroxyl groups is 1. The van der Waals surface area contributed by atoms with Gasteiger partial charge in [0.05, 0.1) is 20.4 Å². The molecular formula is C16H15FN2O4. The number of nitrogens with one attached hydrogen (secondary N) is 1. The van der Waals surface area contributed by atoms with Gasteiger partial charge in [0.2, 0.25) is 5.75 Å². The second-order valence-electron chi connectivity index (χ2n) is 4.48. The number of hydrogen-bond donors (Lipinski definition) is 2. The summed E-state index contributed by atoms with van der Waals surface area (Å²) in [6.07, 6.45) is 1.35. The number of carbonyl (C=O) groups is 1. The van der Waals surface area contributed by atoms with Gasteiger partial charge in [-0.25, -0.2) is 9.82 Å². The average Bonchev–Trinajstić information content (AvgIpc) is 2.55. The van der Waals surface area contributed by atoms with Gasteiger partial charge in [0.15, 0.2) is 11.5 Å². The molecule has 23 heavy (non-hydrogen) atoms. The van der Waals surface area contributed by atoms with E-state index in [4.69, 9.17) is 9.47 Å². The summed E-state index contributed by atoms with van der Waals surface area (Å²) in [5.41, 5.74) is 2.98. The number of phenols is 1. The summed E-state index contributed by atoms with van der Waals surface area (Å²) in [4.78, 5) is 11.8. The molecule has 0 radical (unpaired) electrons. The topological polar surface area (TPSA) is 80.2 Å². The third-order valence-corrected chi connectivity index (χ3v) is 2.97. The van der Waals surface area contributed by atoms with Crippen molar-refractivity contribution in [2.45, 2.75) is 0 Å². The van der Waals surface area contributed by atoms with E-state index in [2.05, 4.69) is 10.5 Å². The lowest BCUT2D eigenvalue weighted by Gasteiger charge is -2.09. The standard InChI is InChI=1S/C16H15FN2O4/c1-22-13-6-10(7-14(23-2)15(13)20)9-18-19-16(21)11-4-3-5-12(17)8-11/h3-9,20H,1-2H3,(H,19,21)/b18-9+. The average molecular weight is 318 g/mol. The predicted molar refractivity (Wildman–Crippen MR) is 82.7 cm³/mol. The van der Waals surface area contributed by atoms with Crippen LogP contribution in [0.1, 0.15) is 15.9 Å². The Kier molecular flexibility index (Phi) is 5.14. The summed E-state index contributed by atoms with van der Waals surface area (Å²) >= 11 is 0. The molecule has 0 aliphatic carbocycles. The molecule has 0 atom stereocenters. The van der Waals surface area contributed by atoms with Gasteiger partial charge in [-0.15, -0.1) is 0 Å². The number of carbonyl (C=O) groups excluding carboxylic acids is 1. The van der Waals surface area contributed by atoms with Gasteiger partial charge < -0.3 is 14.6 Å². The third-order valence-electron chi connectivity index (χ3n) is 2.97. The summed E-state index contributed by atoms with van der Waals surface area (Å²) in [5, 5.41) is 13.6. The zero-order valence-corrected chi connectivity index (χ0v) is 12.5. The Morgan fingerprint density at radius 2 is 1.87 bits per heavy atom. The molecule has 6 nitrogen and oxygen atoms in total. The van der Waals surface area contributed by atoms with E-state index in [1.165, 1.54) is 50.8 Å². The fourth-order valence-electron chi connectivity index (χ4n) is 1.85. The van der Waals surface area contributed by atoms with Crippen LogP contribution in [0, 0.1) is 5.82 Å². The quantitative estimate of drug-likeness (QED) is 0.655. The van der Waals surface area contributed by atoms with Crippen molar-refractivity contribution in [2.75, 3.05) is 14.2 Å². The Hall–Kier alpha value is -3.09. The molecule has 0 fully saturated rings. The zero-order valence-electron chi connectivity index (χ0n) is 12.5. The first-order valence-corrected chi connectivity index (χ1v) is 6.59. The molecule has 0 heterocycles. The molecule has 120 valence electrons. The van der Waals surface area contributed by atoms with Crippen LogP contribution in [0.4, 0.5) is 4.39 Å². The summed E-state index contributed by atoms with van der Waals surface area (Å²) in [6.45, 7) is 0. The van der Waals surface area contributed by atoms with Crippen molar-refractivity contribution in [3.63, 3.8) is 0 Å². The van der Waals surface area contributed by atoms with Gasteiger partial charge in [-0.1, -0.05) is 6.07 Å². The van der Waals surface area contributed by atoms with Crippen molar-refractivity contribution in [2.24, 2.45) is 5.10 Å². The van der Waals surface area contributed by atoms with Crippen molar-refractivity contribution in [3.8, 4) is 17.2 Å². The first kappa shape index (κ1) is 16.3. The van der Waals surface area contributed by atoms with Crippen molar-refractivity contribution in [1.82, 2.24) is 5.43 Å². The molecule has 2 aromatic carbocycles. The number of methoxy groups -OCH3 is 2. The minimum Gasteiger partial charge on any atom is -0.502 e. The van der Waals surface area contributed by atoms with Crippen LogP contribution in [-0.4, -0.2) is 31.4 Å². The molecule has 0 bridgehead atoms. The molecule has 2 aromatic rings. The second kappa shape index (κ2) is 7.26. The van der Waals surface area contributed by atoms with Crippen LogP contribution in [0.25, 0.3) is 0 Å². The van der Waals surface area contributed by atoms with Gasteiger partial charge in [0.1, 0.15) is 5.82 Å². The Morgan fingerprint density at radius 3 is 2.43 bits per heavy atom. The van der Waals surface area contributed by atoms with Crippen LogP contribution in [-0.2, 0) is 0 Å². The molecule has 0 spiro atoms. The van der Waals surface area contributed by atoms with E-state index in [9.17, 15) is 14.3 Å². The van der Waals surface area contributed by atoms with Gasteiger partial charge in [-0.05, 0) is 30.3 Å². The van der Waals surface area contributed by atoms with Gasteiger partial charge in [0.25, 0.3) is 5.91 Å². The monoisotopic (exact) mass is 318 g/mol. The van der Waals surface area contributed by atoms with E-state index >= 15 is 0 Å². The van der Waals surface area contributed by atoms with Crippen LogP contribution in [0.3, 0.4) is 0 Å². The zero-order chi connectivity index (χ0) is 16.8. The van der Waals surface area contributed by atoms with E-state index in [0.717, 1.165) is 6.07 Å². The first-order valence-electron chi connectivity index (χ1n) is 6.59. The molecule has 1 amide bonds. The molecule has 0 aromatic heterocycles. The summed E-state index contributed by atoms with van der Waals surface area (Å²) in [6, 6.07) is 8.31. The highest BCUT2D eigenvalue weighted by molar-refractivity contribution is 5.95. The molecule has 0 aliphatic rings. The second-order valence-corrected chi connectivity index (χ2v) is 4.48. The molecular weight excluding hydrogens is 303 g/mol. The van der Waals surface area contributed by atoms with E-state index in [1.54, 1.807) is 0 Å². The number of rotatable bonds is 5. The number of hydrogen-bond acceptors (Lipinski definition) is 5. The van der Waals surface area contributed by atoms with Crippen LogP contribution in [0.2, 0.25) is 0 Å². The lowest BCUT2D eigenvalue weighted by Crippen LogP contribution is -2.17. The summed E-state index contributed by atoms with van der Waals surface area (Å²) in [5.74, 6) is -0.756. The maximum absolute atomic E-state index is 13.0. The largest absolute Gasteiger partial charge is 0.502 e. The molecule has 2 rings (SSSR count). The van der Waals surface area contributed by atoms with Gasteiger partial charge >= 0.3 is 0 Å². The Bertz CT molecular complexity index is 722. The fraction of sp³-hybridized carbons (Fsp3) is 0.125. The third kappa shape index (κ3) is 3.97. The lowest BCUT2D eigenvalue weighted by molar-refractivity contribution is 0.0954. The molecule has 7 heteroatoms. The van der Waals surface area contributed by atoms with E-state index in [0.29, 0.717) is 5.56 Å². The van der Waals surface area contributed by atoms with Crippen molar-refractivity contribution >= 4 is 12.1 Å². The Balaban J connectivity index is 2.13. The van der Waals surface area contributed by atoms with E-state index in [1.807, 2.05) is 0 Å². The predicted octanol–water partition coefficient (Wildman–Crippen LogP) is 2.31. The normalized spacial score (nSPS) is 10.6. The highest BCUT2D eigenvalue weighted by atomic mass is 19.1. The van der Waals surface area contributed by atoms with Gasteiger partial charge in [-0.2, -0.15) is 5.10 Å². The van der Waals surface area contributed by atoms with E-state index < -0.39 is 11.7 Å². The first-order chi connectivity index (χ1) is 11.0. The van der Waals surface area contributed by atoms with Crippen LogP contribution in [0.5, 0.6) is 17.2 Å². The highest BCUT2D eigenvalue weighted by Crippen LogP contribution is 2.36. The molecule has 0 unspecified atom stereocenters. The number of phenolic OH excluding ortho intramolecular Hbond substituents is 1. The minimum atomic E-state index is -0.543. The fourth-order valence-corrected chi connectivity index (χ4v) is 1.85. The number of hydrazone groups is 1. The van der Waals surface area contributed by atoms with E-state index in [-0.39, 0.29) is 22.8 Å². The lowest BCUT2D eigenvalue weighted by atomic mass is 10.2. The number of nitrogens with zero attached hydrogens (tertiary/aromatic N) is 1. The smallest absolute Gasteiger partial charge is 0.271 e. The van der Waals surface area contributed by atoms with Gasteiger partial charge in [0, 0.05) is 11.1 Å². The van der Waals surface area contributed by atoms with Crippen molar-refractivity contribution in [1.29, 1.82) is 0 Å². The molecule has 0 aliphatic heterocycles. The maximum Gasteiger partial charge on any atom is 0.271 e. The number of ether oxygens (including phenoxy) is 2. The number of amides is 1. The van der Waals surface area contributed by atoms with Crippen molar-refractivity contribution in [3.05, 3.63) is 53.3 Å². The minimum absolute atomic E-state index is 0.129. The van der Waals surface area contributed by atoms with Crippen LogP contribution >= 0.6 is 0 Å². The molecule has 0 saturated carbocycles. The van der Waals surface area contributed by atoms with Gasteiger partial charge in [-0.3, -0.25) is 4.79 Å². The summed E-state index contributed by atoms with van der Waals surface area (Å²) < 4.78 is 23.1.